The molecule has 4 atom stereocenters. The summed E-state index contributed by atoms with van der Waals surface area (Å²) in [5.41, 5.74) is 0. The van der Waals surface area contributed by atoms with Gasteiger partial charge in [0.1, 0.15) is 0 Å². The molecule has 2 fully saturated rings. The molecule has 0 saturated carbocycles. The van der Waals surface area contributed by atoms with Crippen LogP contribution < -0.4 is 0 Å². The van der Waals surface area contributed by atoms with Gasteiger partial charge in [-0.2, -0.15) is 0 Å². The molecule has 0 spiro atoms. The molecule has 0 bridgehead atoms. The molecule has 2 nitrogen and oxygen atoms in total. The van der Waals surface area contributed by atoms with E-state index in [0.29, 0.717) is 24.0 Å². The monoisotopic (exact) mass is 182 g/mol. The van der Waals surface area contributed by atoms with Gasteiger partial charge < -0.3 is 9.47 Å². The van der Waals surface area contributed by atoms with E-state index in [1.54, 1.807) is 0 Å². The van der Waals surface area contributed by atoms with Gasteiger partial charge in [0.25, 0.3) is 0 Å². The highest BCUT2D eigenvalue weighted by atomic mass is 16.5. The number of ether oxygens (including phenoxy) is 2. The molecular weight excluding hydrogens is 164 g/mol. The van der Waals surface area contributed by atoms with Gasteiger partial charge in [0, 0.05) is 5.92 Å². The van der Waals surface area contributed by atoms with E-state index < -0.39 is 0 Å². The van der Waals surface area contributed by atoms with Crippen molar-refractivity contribution in [2.45, 2.75) is 38.9 Å². The van der Waals surface area contributed by atoms with Gasteiger partial charge in [-0.05, 0) is 12.8 Å². The molecule has 0 aromatic heterocycles. The summed E-state index contributed by atoms with van der Waals surface area (Å²) in [4.78, 5) is 0. The van der Waals surface area contributed by atoms with Gasteiger partial charge in [-0.15, -0.1) is 0 Å². The molecule has 2 heterocycles. The lowest BCUT2D eigenvalue weighted by atomic mass is 9.87. The lowest BCUT2D eigenvalue weighted by Gasteiger charge is -2.15. The smallest absolute Gasteiger partial charge is 0.0950 e. The molecule has 0 aromatic carbocycles. The molecule has 0 aromatic rings. The highest BCUT2D eigenvalue weighted by Crippen LogP contribution is 2.44. The Balaban J connectivity index is 2.16. The summed E-state index contributed by atoms with van der Waals surface area (Å²) in [7, 11) is 0. The summed E-state index contributed by atoms with van der Waals surface area (Å²) in [6.07, 6.45) is 2.91. The van der Waals surface area contributed by atoms with E-state index in [0.717, 1.165) is 25.2 Å². The standard InChI is InChI=1S/C11H18O2/c1-4-9-8-6-12-7(3)11(8)10(5-2)13-9/h8-11H,3-6H2,1-2H3. The Bertz CT molecular complexity index is 212. The minimum Gasteiger partial charge on any atom is -0.498 e. The van der Waals surface area contributed by atoms with Crippen molar-refractivity contribution < 1.29 is 9.47 Å². The number of fused-ring (bicyclic) bond motifs is 1. The summed E-state index contributed by atoms with van der Waals surface area (Å²) in [6, 6.07) is 0. The van der Waals surface area contributed by atoms with Crippen molar-refractivity contribution in [2.75, 3.05) is 6.61 Å². The lowest BCUT2D eigenvalue weighted by Crippen LogP contribution is -2.18. The third kappa shape index (κ3) is 1.28. The average Bonchev–Trinajstić information content (AvgIpc) is 2.67. The molecule has 2 rings (SSSR count). The molecule has 2 aliphatic rings. The maximum absolute atomic E-state index is 5.96. The lowest BCUT2D eigenvalue weighted by molar-refractivity contribution is 0.00818. The molecule has 2 saturated heterocycles. The molecule has 74 valence electrons. The van der Waals surface area contributed by atoms with Crippen LogP contribution in [0.5, 0.6) is 0 Å². The fourth-order valence-corrected chi connectivity index (χ4v) is 2.62. The van der Waals surface area contributed by atoms with Crippen molar-refractivity contribution in [3.63, 3.8) is 0 Å². The van der Waals surface area contributed by atoms with Crippen LogP contribution in [0.15, 0.2) is 12.3 Å². The zero-order valence-corrected chi connectivity index (χ0v) is 8.45. The van der Waals surface area contributed by atoms with Crippen LogP contribution in [0.25, 0.3) is 0 Å². The van der Waals surface area contributed by atoms with Crippen molar-refractivity contribution in [3.05, 3.63) is 12.3 Å². The normalized spacial score (nSPS) is 43.4. The summed E-state index contributed by atoms with van der Waals surface area (Å²) in [6.45, 7) is 9.13. The summed E-state index contributed by atoms with van der Waals surface area (Å²) >= 11 is 0. The van der Waals surface area contributed by atoms with Crippen molar-refractivity contribution in [2.24, 2.45) is 11.8 Å². The first-order chi connectivity index (χ1) is 6.27. The first kappa shape index (κ1) is 9.07. The Hall–Kier alpha value is -0.500. The first-order valence-corrected chi connectivity index (χ1v) is 5.25. The van der Waals surface area contributed by atoms with E-state index in [1.807, 2.05) is 0 Å². The third-order valence-electron chi connectivity index (χ3n) is 3.33. The summed E-state index contributed by atoms with van der Waals surface area (Å²) in [5, 5.41) is 0. The Kier molecular flexibility index (Phi) is 2.33. The minimum absolute atomic E-state index is 0.352. The Morgan fingerprint density at radius 1 is 1.31 bits per heavy atom. The zero-order chi connectivity index (χ0) is 9.42. The molecule has 2 heteroatoms. The second-order valence-electron chi connectivity index (χ2n) is 4.00. The molecule has 2 aliphatic heterocycles. The quantitative estimate of drug-likeness (QED) is 0.652. The van der Waals surface area contributed by atoms with Crippen LogP contribution in [0, 0.1) is 11.8 Å². The highest BCUT2D eigenvalue weighted by molar-refractivity contribution is 5.08. The van der Waals surface area contributed by atoms with Crippen molar-refractivity contribution >= 4 is 0 Å². The van der Waals surface area contributed by atoms with Gasteiger partial charge in [0.15, 0.2) is 0 Å². The Labute approximate surface area is 79.9 Å². The molecule has 0 amide bonds. The van der Waals surface area contributed by atoms with Gasteiger partial charge >= 0.3 is 0 Å². The maximum Gasteiger partial charge on any atom is 0.0950 e. The van der Waals surface area contributed by atoms with E-state index in [2.05, 4.69) is 20.4 Å². The summed E-state index contributed by atoms with van der Waals surface area (Å²) in [5.74, 6) is 1.99. The Morgan fingerprint density at radius 2 is 2.00 bits per heavy atom. The molecule has 0 radical (unpaired) electrons. The SMILES string of the molecule is C=C1OCC2C(CC)OC(CC)C12. The largest absolute Gasteiger partial charge is 0.498 e. The van der Waals surface area contributed by atoms with Crippen molar-refractivity contribution in [1.82, 2.24) is 0 Å². The fourth-order valence-electron chi connectivity index (χ4n) is 2.62. The van der Waals surface area contributed by atoms with Gasteiger partial charge in [-0.3, -0.25) is 0 Å². The number of hydrogen-bond donors (Lipinski definition) is 0. The van der Waals surface area contributed by atoms with Crippen LogP contribution >= 0.6 is 0 Å². The average molecular weight is 182 g/mol. The first-order valence-electron chi connectivity index (χ1n) is 5.25. The minimum atomic E-state index is 0.352. The van der Waals surface area contributed by atoms with Crippen molar-refractivity contribution in [1.29, 1.82) is 0 Å². The predicted molar refractivity (Wildman–Crippen MR) is 51.3 cm³/mol. The van der Waals surface area contributed by atoms with Crippen LogP contribution in [-0.4, -0.2) is 18.8 Å². The predicted octanol–water partition coefficient (Wildman–Crippen LogP) is 2.35. The molecule has 0 aliphatic carbocycles. The molecule has 0 N–H and O–H groups in total. The molecular formula is C11H18O2. The van der Waals surface area contributed by atoms with Crippen LogP contribution in [0.2, 0.25) is 0 Å². The molecule has 13 heavy (non-hydrogen) atoms. The number of rotatable bonds is 2. The fraction of sp³-hybridized carbons (Fsp3) is 0.818. The van der Waals surface area contributed by atoms with Gasteiger partial charge in [-0.1, -0.05) is 20.4 Å². The van der Waals surface area contributed by atoms with Crippen molar-refractivity contribution in [3.8, 4) is 0 Å². The van der Waals surface area contributed by atoms with E-state index in [-0.39, 0.29) is 0 Å². The summed E-state index contributed by atoms with van der Waals surface area (Å²) < 4.78 is 11.5. The Morgan fingerprint density at radius 3 is 2.62 bits per heavy atom. The third-order valence-corrected chi connectivity index (χ3v) is 3.33. The van der Waals surface area contributed by atoms with Crippen LogP contribution in [-0.2, 0) is 9.47 Å². The molecule has 4 unspecified atom stereocenters. The van der Waals surface area contributed by atoms with Gasteiger partial charge in [-0.25, -0.2) is 0 Å². The van der Waals surface area contributed by atoms with E-state index >= 15 is 0 Å². The van der Waals surface area contributed by atoms with Crippen LogP contribution in [0.3, 0.4) is 0 Å². The highest BCUT2D eigenvalue weighted by Gasteiger charge is 2.48. The maximum atomic E-state index is 5.96. The van der Waals surface area contributed by atoms with Crippen LogP contribution in [0.1, 0.15) is 26.7 Å². The number of hydrogen-bond acceptors (Lipinski definition) is 2. The zero-order valence-electron chi connectivity index (χ0n) is 8.45. The van der Waals surface area contributed by atoms with Crippen LogP contribution in [0.4, 0.5) is 0 Å². The second-order valence-corrected chi connectivity index (χ2v) is 4.00. The van der Waals surface area contributed by atoms with Gasteiger partial charge in [0.2, 0.25) is 0 Å². The topological polar surface area (TPSA) is 18.5 Å². The van der Waals surface area contributed by atoms with E-state index in [9.17, 15) is 0 Å². The second kappa shape index (κ2) is 3.33. The van der Waals surface area contributed by atoms with Gasteiger partial charge in [0.05, 0.1) is 30.5 Å². The van der Waals surface area contributed by atoms with E-state index in [4.69, 9.17) is 9.47 Å². The van der Waals surface area contributed by atoms with E-state index in [1.165, 1.54) is 0 Å².